The van der Waals surface area contributed by atoms with E-state index >= 15 is 0 Å². The van der Waals surface area contributed by atoms with Gasteiger partial charge in [0.15, 0.2) is 5.75 Å². The van der Waals surface area contributed by atoms with Crippen LogP contribution in [0.1, 0.15) is 21.5 Å². The summed E-state index contributed by atoms with van der Waals surface area (Å²) in [7, 11) is 0. The second kappa shape index (κ2) is 6.46. The van der Waals surface area contributed by atoms with Crippen molar-refractivity contribution >= 4 is 39.2 Å². The van der Waals surface area contributed by atoms with Crippen LogP contribution in [0.3, 0.4) is 0 Å². The van der Waals surface area contributed by atoms with Crippen LogP contribution >= 0.6 is 27.5 Å². The standard InChI is InChI=1S/C15H11BrClNO4/c1-8-3-4-10(6-13(8)18(20)21)15(19)22-14-9(2)5-11(16)7-12(14)17/h3-7H,1-2H3. The van der Waals surface area contributed by atoms with Crippen LogP contribution in [0.2, 0.25) is 5.02 Å². The summed E-state index contributed by atoms with van der Waals surface area (Å²) in [5.41, 5.74) is 1.11. The summed E-state index contributed by atoms with van der Waals surface area (Å²) >= 11 is 9.35. The second-order valence-corrected chi connectivity index (χ2v) is 6.00. The van der Waals surface area contributed by atoms with Crippen LogP contribution in [-0.2, 0) is 0 Å². The number of esters is 1. The Bertz CT molecular complexity index is 753. The van der Waals surface area contributed by atoms with Gasteiger partial charge in [0.1, 0.15) is 0 Å². The molecule has 2 rings (SSSR count). The van der Waals surface area contributed by atoms with Gasteiger partial charge in [-0.2, -0.15) is 0 Å². The highest BCUT2D eigenvalue weighted by atomic mass is 79.9. The van der Waals surface area contributed by atoms with E-state index in [4.69, 9.17) is 16.3 Å². The minimum atomic E-state index is -0.699. The third kappa shape index (κ3) is 3.45. The normalized spacial score (nSPS) is 10.4. The summed E-state index contributed by atoms with van der Waals surface area (Å²) < 4.78 is 6.04. The lowest BCUT2D eigenvalue weighted by Gasteiger charge is -2.10. The van der Waals surface area contributed by atoms with Gasteiger partial charge >= 0.3 is 5.97 Å². The van der Waals surface area contributed by atoms with Gasteiger partial charge in [-0.25, -0.2) is 4.79 Å². The van der Waals surface area contributed by atoms with E-state index in [0.717, 1.165) is 4.47 Å². The van der Waals surface area contributed by atoms with Crippen molar-refractivity contribution in [1.82, 2.24) is 0 Å². The third-order valence-corrected chi connectivity index (χ3v) is 3.77. The van der Waals surface area contributed by atoms with Gasteiger partial charge in [0.2, 0.25) is 0 Å². The fraction of sp³-hybridized carbons (Fsp3) is 0.133. The topological polar surface area (TPSA) is 69.4 Å². The van der Waals surface area contributed by atoms with Gasteiger partial charge in [-0.3, -0.25) is 10.1 Å². The van der Waals surface area contributed by atoms with E-state index in [0.29, 0.717) is 11.1 Å². The molecule has 0 fully saturated rings. The van der Waals surface area contributed by atoms with E-state index in [-0.39, 0.29) is 22.0 Å². The summed E-state index contributed by atoms with van der Waals surface area (Å²) in [5, 5.41) is 11.2. The third-order valence-electron chi connectivity index (χ3n) is 3.03. The van der Waals surface area contributed by atoms with Gasteiger partial charge in [0, 0.05) is 16.1 Å². The van der Waals surface area contributed by atoms with Gasteiger partial charge in [-0.05, 0) is 37.6 Å². The smallest absolute Gasteiger partial charge is 0.343 e. The number of hydrogen-bond acceptors (Lipinski definition) is 4. The maximum absolute atomic E-state index is 12.2. The number of nitro groups is 1. The van der Waals surface area contributed by atoms with E-state index in [1.54, 1.807) is 26.0 Å². The average Bonchev–Trinajstić information content (AvgIpc) is 2.42. The number of carbonyl (C=O) groups is 1. The molecule has 0 heterocycles. The molecule has 7 heteroatoms. The van der Waals surface area contributed by atoms with Crippen LogP contribution in [0.4, 0.5) is 5.69 Å². The van der Waals surface area contributed by atoms with Crippen LogP contribution in [0, 0.1) is 24.0 Å². The summed E-state index contributed by atoms with van der Waals surface area (Å²) in [4.78, 5) is 22.6. The van der Waals surface area contributed by atoms with Crippen LogP contribution < -0.4 is 4.74 Å². The molecule has 0 unspecified atom stereocenters. The van der Waals surface area contributed by atoms with Gasteiger partial charge in [-0.1, -0.05) is 33.6 Å². The fourth-order valence-corrected chi connectivity index (χ4v) is 2.91. The molecule has 0 bridgehead atoms. The second-order valence-electron chi connectivity index (χ2n) is 4.68. The molecule has 0 radical (unpaired) electrons. The molecule has 0 atom stereocenters. The van der Waals surface area contributed by atoms with E-state index in [1.165, 1.54) is 18.2 Å². The van der Waals surface area contributed by atoms with Crippen molar-refractivity contribution < 1.29 is 14.5 Å². The van der Waals surface area contributed by atoms with Gasteiger partial charge in [-0.15, -0.1) is 0 Å². The first-order valence-electron chi connectivity index (χ1n) is 6.22. The van der Waals surface area contributed by atoms with Crippen LogP contribution in [-0.4, -0.2) is 10.9 Å². The van der Waals surface area contributed by atoms with Crippen molar-refractivity contribution in [2.24, 2.45) is 0 Å². The lowest BCUT2D eigenvalue weighted by molar-refractivity contribution is -0.385. The number of nitrogens with zero attached hydrogens (tertiary/aromatic N) is 1. The Morgan fingerprint density at radius 3 is 2.50 bits per heavy atom. The number of aryl methyl sites for hydroxylation is 2. The number of rotatable bonds is 3. The van der Waals surface area contributed by atoms with E-state index in [1.807, 2.05) is 0 Å². The SMILES string of the molecule is Cc1ccc(C(=O)Oc2c(C)cc(Br)cc2Cl)cc1[N+](=O)[O-]. The van der Waals surface area contributed by atoms with Crippen molar-refractivity contribution in [2.75, 3.05) is 0 Å². The molecule has 0 aliphatic carbocycles. The number of halogens is 2. The van der Waals surface area contributed by atoms with Crippen molar-refractivity contribution in [1.29, 1.82) is 0 Å². The Balaban J connectivity index is 2.34. The Morgan fingerprint density at radius 2 is 1.91 bits per heavy atom. The monoisotopic (exact) mass is 383 g/mol. The number of hydrogen-bond donors (Lipinski definition) is 0. The van der Waals surface area contributed by atoms with Crippen LogP contribution in [0.15, 0.2) is 34.8 Å². The zero-order chi connectivity index (χ0) is 16.4. The van der Waals surface area contributed by atoms with Crippen molar-refractivity contribution in [2.45, 2.75) is 13.8 Å². The zero-order valence-corrected chi connectivity index (χ0v) is 14.1. The molecule has 0 aliphatic heterocycles. The molecule has 2 aromatic rings. The van der Waals surface area contributed by atoms with E-state index in [2.05, 4.69) is 15.9 Å². The first kappa shape index (κ1) is 16.5. The number of benzene rings is 2. The Morgan fingerprint density at radius 1 is 1.23 bits per heavy atom. The first-order valence-corrected chi connectivity index (χ1v) is 7.39. The van der Waals surface area contributed by atoms with Gasteiger partial charge in [0.05, 0.1) is 15.5 Å². The van der Waals surface area contributed by atoms with Gasteiger partial charge in [0.25, 0.3) is 5.69 Å². The largest absolute Gasteiger partial charge is 0.421 e. The Kier molecular flexibility index (Phi) is 4.83. The summed E-state index contributed by atoms with van der Waals surface area (Å²) in [6.07, 6.45) is 0. The quantitative estimate of drug-likeness (QED) is 0.328. The van der Waals surface area contributed by atoms with Crippen molar-refractivity contribution in [3.05, 3.63) is 66.6 Å². The highest BCUT2D eigenvalue weighted by molar-refractivity contribution is 9.10. The van der Waals surface area contributed by atoms with E-state index in [9.17, 15) is 14.9 Å². The molecular weight excluding hydrogens is 374 g/mol. The minimum Gasteiger partial charge on any atom is -0.421 e. The van der Waals surface area contributed by atoms with Crippen LogP contribution in [0.25, 0.3) is 0 Å². The molecule has 22 heavy (non-hydrogen) atoms. The van der Waals surface area contributed by atoms with Crippen LogP contribution in [0.5, 0.6) is 5.75 Å². The zero-order valence-electron chi connectivity index (χ0n) is 11.7. The lowest BCUT2D eigenvalue weighted by atomic mass is 10.1. The molecule has 0 saturated carbocycles. The minimum absolute atomic E-state index is 0.0932. The highest BCUT2D eigenvalue weighted by Gasteiger charge is 2.18. The molecule has 0 spiro atoms. The van der Waals surface area contributed by atoms with Crippen molar-refractivity contribution in [3.8, 4) is 5.75 Å². The van der Waals surface area contributed by atoms with Crippen molar-refractivity contribution in [3.63, 3.8) is 0 Å². The summed E-state index contributed by atoms with van der Waals surface area (Å²) in [6.45, 7) is 3.35. The maximum Gasteiger partial charge on any atom is 0.343 e. The first-order chi connectivity index (χ1) is 10.3. The Labute approximate surface area is 140 Å². The highest BCUT2D eigenvalue weighted by Crippen LogP contribution is 2.32. The van der Waals surface area contributed by atoms with Gasteiger partial charge < -0.3 is 4.74 Å². The predicted molar refractivity (Wildman–Crippen MR) is 86.7 cm³/mol. The van der Waals surface area contributed by atoms with E-state index < -0.39 is 10.9 Å². The molecule has 114 valence electrons. The molecule has 0 aromatic heterocycles. The Hall–Kier alpha value is -1.92. The molecular formula is C15H11BrClNO4. The lowest BCUT2D eigenvalue weighted by Crippen LogP contribution is -2.10. The molecule has 0 N–H and O–H groups in total. The number of ether oxygens (including phenoxy) is 1. The molecule has 0 saturated heterocycles. The maximum atomic E-state index is 12.2. The summed E-state index contributed by atoms with van der Waals surface area (Å²) in [6, 6.07) is 7.54. The predicted octanol–water partition coefficient (Wildman–Crippen LogP) is 4.85. The summed E-state index contributed by atoms with van der Waals surface area (Å²) in [5.74, 6) is -0.464. The molecule has 0 aliphatic rings. The fourth-order valence-electron chi connectivity index (χ4n) is 1.90. The number of carbonyl (C=O) groups excluding carboxylic acids is 1. The molecule has 5 nitrogen and oxygen atoms in total. The molecule has 2 aromatic carbocycles. The average molecular weight is 385 g/mol. The molecule has 0 amide bonds. The number of nitro benzene ring substituents is 1.